The van der Waals surface area contributed by atoms with Crippen molar-refractivity contribution in [2.45, 2.75) is 45.1 Å². The Hall–Kier alpha value is -3.34. The van der Waals surface area contributed by atoms with Gasteiger partial charge in [-0.1, -0.05) is 32.4 Å². The maximum atomic E-state index is 13.5. The maximum absolute atomic E-state index is 13.5. The molecule has 0 bridgehead atoms. The molecular formula is C30H40ClN5O4S. The highest BCUT2D eigenvalue weighted by molar-refractivity contribution is 8.02. The Morgan fingerprint density at radius 3 is 2.44 bits per heavy atom. The number of ether oxygens (including phenoxy) is 2. The number of methoxy groups -OCH3 is 1. The summed E-state index contributed by atoms with van der Waals surface area (Å²) >= 11 is 6.46. The fourth-order valence-corrected chi connectivity index (χ4v) is 5.42. The summed E-state index contributed by atoms with van der Waals surface area (Å²) in [5.41, 5.74) is 2.06. The first kappa shape index (κ1) is 30.6. The zero-order chi connectivity index (χ0) is 29.8. The summed E-state index contributed by atoms with van der Waals surface area (Å²) in [7, 11) is -1.14. The number of carbonyl (C=O) groups is 1. The molecule has 0 atom stereocenters. The van der Waals surface area contributed by atoms with Gasteiger partial charge in [-0.2, -0.15) is 0 Å². The Morgan fingerprint density at radius 2 is 1.78 bits per heavy atom. The lowest BCUT2D eigenvalue weighted by Crippen LogP contribution is -2.35. The van der Waals surface area contributed by atoms with Gasteiger partial charge in [0.15, 0.2) is 5.75 Å². The fourth-order valence-electron chi connectivity index (χ4n) is 4.52. The fraction of sp³-hybridized carbons (Fsp3) is 0.400. The van der Waals surface area contributed by atoms with Gasteiger partial charge in [0.25, 0.3) is 5.91 Å². The number of hydrogen-bond donors (Lipinski definition) is 5. The number of nitrogens with zero attached hydrogens (tertiary/aromatic N) is 1. The second-order valence-corrected chi connectivity index (χ2v) is 14.9. The molecule has 0 saturated carbocycles. The molecule has 222 valence electrons. The van der Waals surface area contributed by atoms with Crippen LogP contribution in [-0.4, -0.2) is 53.9 Å². The number of thiol groups is 1. The Labute approximate surface area is 248 Å². The molecule has 1 amide bonds. The third kappa shape index (κ3) is 8.34. The molecule has 11 heteroatoms. The van der Waals surface area contributed by atoms with Gasteiger partial charge in [0.2, 0.25) is 0 Å². The summed E-state index contributed by atoms with van der Waals surface area (Å²) < 4.78 is 27.4. The number of anilines is 3. The number of piperidine rings is 1. The van der Waals surface area contributed by atoms with E-state index in [2.05, 4.69) is 46.4 Å². The van der Waals surface area contributed by atoms with Crippen molar-refractivity contribution in [2.24, 2.45) is 0 Å². The van der Waals surface area contributed by atoms with E-state index in [0.717, 1.165) is 37.3 Å². The van der Waals surface area contributed by atoms with Crippen molar-refractivity contribution in [1.82, 2.24) is 10.3 Å². The van der Waals surface area contributed by atoms with Crippen LogP contribution >= 0.6 is 11.6 Å². The third-order valence-electron chi connectivity index (χ3n) is 6.64. The molecule has 41 heavy (non-hydrogen) atoms. The number of carbonyl (C=O) groups excluding carboxylic acids is 1. The number of nitrogens with one attached hydrogen (secondary N) is 4. The smallest absolute Gasteiger partial charge is 0.255 e. The van der Waals surface area contributed by atoms with Crippen LogP contribution in [0.15, 0.2) is 48.7 Å². The lowest BCUT2D eigenvalue weighted by molar-refractivity contribution is 0.102. The van der Waals surface area contributed by atoms with Crippen LogP contribution in [0.1, 0.15) is 49.5 Å². The molecule has 1 aromatic heterocycles. The van der Waals surface area contributed by atoms with Crippen molar-refractivity contribution in [3.8, 4) is 17.2 Å². The minimum atomic E-state index is -2.66. The molecular weight excluding hydrogens is 562 g/mol. The number of rotatable bonds is 9. The lowest BCUT2D eigenvalue weighted by atomic mass is 9.86. The molecule has 1 fully saturated rings. The van der Waals surface area contributed by atoms with Gasteiger partial charge in [-0.15, -0.1) is 0 Å². The van der Waals surface area contributed by atoms with E-state index in [4.69, 9.17) is 21.1 Å². The number of benzene rings is 2. The van der Waals surface area contributed by atoms with Crippen LogP contribution in [0.25, 0.3) is 0 Å². The average molecular weight is 602 g/mol. The van der Waals surface area contributed by atoms with E-state index < -0.39 is 10.1 Å². The molecule has 1 aliphatic heterocycles. The number of hydrogen-bond acceptors (Lipinski definition) is 7. The summed E-state index contributed by atoms with van der Waals surface area (Å²) in [5, 5.41) is 10.1. The van der Waals surface area contributed by atoms with E-state index in [1.165, 1.54) is 7.11 Å². The molecule has 1 saturated heterocycles. The van der Waals surface area contributed by atoms with Gasteiger partial charge < -0.3 is 30.1 Å². The van der Waals surface area contributed by atoms with Crippen LogP contribution in [0.5, 0.6) is 17.2 Å². The van der Waals surface area contributed by atoms with Crippen molar-refractivity contribution in [1.29, 1.82) is 0 Å². The predicted octanol–water partition coefficient (Wildman–Crippen LogP) is 5.85. The number of aromatic nitrogens is 1. The number of pyridine rings is 1. The van der Waals surface area contributed by atoms with Crippen molar-refractivity contribution in [3.63, 3.8) is 0 Å². The Kier molecular flexibility index (Phi) is 9.46. The Balaban J connectivity index is 1.58. The second kappa shape index (κ2) is 12.7. The van der Waals surface area contributed by atoms with E-state index in [-0.39, 0.29) is 11.3 Å². The maximum Gasteiger partial charge on any atom is 0.255 e. The average Bonchev–Trinajstić information content (AvgIpc) is 2.89. The summed E-state index contributed by atoms with van der Waals surface area (Å²) in [5.74, 6) is 1.63. The van der Waals surface area contributed by atoms with Gasteiger partial charge in [0, 0.05) is 36.4 Å². The van der Waals surface area contributed by atoms with Crippen molar-refractivity contribution in [3.05, 3.63) is 64.8 Å². The largest absolute Gasteiger partial charge is 0.492 e. The highest BCUT2D eigenvalue weighted by Gasteiger charge is 2.22. The summed E-state index contributed by atoms with van der Waals surface area (Å²) in [6.07, 6.45) is 6.99. The minimum absolute atomic E-state index is 0.235. The molecule has 4 rings (SSSR count). The van der Waals surface area contributed by atoms with Crippen molar-refractivity contribution in [2.75, 3.05) is 48.1 Å². The number of halogens is 1. The Bertz CT molecular complexity index is 1450. The van der Waals surface area contributed by atoms with Crippen LogP contribution in [0.4, 0.5) is 17.2 Å². The molecule has 1 aliphatic rings. The zero-order valence-corrected chi connectivity index (χ0v) is 26.1. The number of amides is 1. The molecule has 2 aromatic carbocycles. The quantitative estimate of drug-likeness (QED) is 0.195. The lowest BCUT2D eigenvalue weighted by Gasteiger charge is -2.26. The molecule has 0 unspecified atom stereocenters. The molecule has 0 aliphatic carbocycles. The first-order chi connectivity index (χ1) is 19.3. The van der Waals surface area contributed by atoms with Crippen LogP contribution in [-0.2, 0) is 15.5 Å². The third-order valence-corrected chi connectivity index (χ3v) is 7.73. The van der Waals surface area contributed by atoms with Gasteiger partial charge in [0.05, 0.1) is 23.5 Å². The van der Waals surface area contributed by atoms with Crippen LogP contribution in [0, 0.1) is 0 Å². The van der Waals surface area contributed by atoms with Gasteiger partial charge >= 0.3 is 0 Å². The van der Waals surface area contributed by atoms with E-state index in [0.29, 0.717) is 45.3 Å². The second-order valence-electron chi connectivity index (χ2n) is 11.6. The van der Waals surface area contributed by atoms with E-state index in [1.807, 2.05) is 18.2 Å². The highest BCUT2D eigenvalue weighted by atomic mass is 35.5. The van der Waals surface area contributed by atoms with Crippen LogP contribution < -0.4 is 30.1 Å². The highest BCUT2D eigenvalue weighted by Crippen LogP contribution is 2.40. The van der Waals surface area contributed by atoms with Crippen LogP contribution in [0.3, 0.4) is 0 Å². The first-order valence-electron chi connectivity index (χ1n) is 13.6. The van der Waals surface area contributed by atoms with Crippen LogP contribution in [0.2, 0.25) is 5.02 Å². The van der Waals surface area contributed by atoms with Gasteiger partial charge in [-0.25, -0.2) is 4.98 Å². The van der Waals surface area contributed by atoms with Crippen molar-refractivity contribution < 1.29 is 18.5 Å². The van der Waals surface area contributed by atoms with Crippen molar-refractivity contribution >= 4 is 44.8 Å². The molecule has 0 radical (unpaired) electrons. The molecule has 9 nitrogen and oxygen atoms in total. The molecule has 0 spiro atoms. The van der Waals surface area contributed by atoms with E-state index >= 15 is 0 Å². The monoisotopic (exact) mass is 601 g/mol. The molecule has 4 N–H and O–H groups in total. The van der Waals surface area contributed by atoms with E-state index in [1.54, 1.807) is 43.0 Å². The zero-order valence-electron chi connectivity index (χ0n) is 24.4. The Morgan fingerprint density at radius 1 is 1.07 bits per heavy atom. The molecule has 3 aromatic rings. The molecule has 2 heterocycles. The van der Waals surface area contributed by atoms with Gasteiger partial charge in [0.1, 0.15) is 17.3 Å². The topological polar surface area (TPSA) is 114 Å². The van der Waals surface area contributed by atoms with Gasteiger partial charge in [-0.05, 0) is 83.4 Å². The van der Waals surface area contributed by atoms with E-state index in [9.17, 15) is 9.00 Å². The summed E-state index contributed by atoms with van der Waals surface area (Å²) in [6, 6.07) is 12.6. The van der Waals surface area contributed by atoms with Gasteiger partial charge in [-0.3, -0.25) is 9.00 Å². The SMILES string of the molecule is COc1c(NC(=O)c2ccc(Cl)c(Oc3ccnc(NC4CCNCC4)c3)c2)cc(C(C)(C)C)cc1N[SH](C)(C)=O. The predicted molar refractivity (Wildman–Crippen MR) is 170 cm³/mol. The minimum Gasteiger partial charge on any atom is -0.492 e. The summed E-state index contributed by atoms with van der Waals surface area (Å²) in [6.45, 7) is 8.14. The summed E-state index contributed by atoms with van der Waals surface area (Å²) in [4.78, 5) is 17.9. The first-order valence-corrected chi connectivity index (χ1v) is 16.6. The normalized spacial score (nSPS) is 14.7. The standard InChI is InChI=1S/C30H40ClN5O4S/c1-30(2,3)20-16-24(28(39-4)25(17-20)36-41(5,6)38)35-29(37)19-7-8-23(31)26(15-19)40-22-11-14-33-27(18-22)34-21-9-12-32-13-10-21/h7-8,11,14-18,21,32,41H,9-10,12-13H2,1-6H3,(H,33,34)(H,35,37)(H,36,38).